The number of hydrogen-bond donors (Lipinski definition) is 2. The molecule has 0 saturated heterocycles. The van der Waals surface area contributed by atoms with Crippen LogP contribution >= 0.6 is 11.6 Å². The van der Waals surface area contributed by atoms with Gasteiger partial charge in [0, 0.05) is 18.1 Å². The molecule has 1 aromatic heterocycles. The van der Waals surface area contributed by atoms with Gasteiger partial charge in [-0.3, -0.25) is 14.8 Å². The average molecular weight is 291 g/mol. The van der Waals surface area contributed by atoms with Gasteiger partial charge in [0.1, 0.15) is 0 Å². The lowest BCUT2D eigenvalue weighted by molar-refractivity contribution is 0.100. The van der Waals surface area contributed by atoms with E-state index < -0.39 is 5.91 Å². The zero-order valence-corrected chi connectivity index (χ0v) is 12.0. The second-order valence-corrected chi connectivity index (χ2v) is 4.86. The normalized spacial score (nSPS) is 11.9. The fraction of sp³-hybridized carbons (Fsp3) is 0.214. The number of hydrogen-bond acceptors (Lipinski definition) is 4. The van der Waals surface area contributed by atoms with Crippen molar-refractivity contribution < 1.29 is 4.79 Å². The third-order valence-electron chi connectivity index (χ3n) is 2.95. The molecule has 3 N–H and O–H groups in total. The first-order chi connectivity index (χ1) is 9.49. The van der Waals surface area contributed by atoms with E-state index in [9.17, 15) is 4.79 Å². The van der Waals surface area contributed by atoms with E-state index in [0.717, 1.165) is 17.1 Å². The number of benzene rings is 1. The lowest BCUT2D eigenvalue weighted by Gasteiger charge is -2.16. The van der Waals surface area contributed by atoms with Gasteiger partial charge in [0.05, 0.1) is 28.0 Å². The number of nitrogens with one attached hydrogen (secondary N) is 1. The third kappa shape index (κ3) is 3.05. The molecule has 2 rings (SSSR count). The second-order valence-electron chi connectivity index (χ2n) is 4.45. The maximum absolute atomic E-state index is 11.1. The summed E-state index contributed by atoms with van der Waals surface area (Å²) in [5, 5.41) is 3.59. The third-order valence-corrected chi connectivity index (χ3v) is 3.26. The van der Waals surface area contributed by atoms with E-state index in [2.05, 4.69) is 15.3 Å². The largest absolute Gasteiger partial charge is 0.377 e. The number of carbonyl (C=O) groups excluding carboxylic acids is 1. The number of carbonyl (C=O) groups is 1. The minimum atomic E-state index is -0.542. The second kappa shape index (κ2) is 5.88. The van der Waals surface area contributed by atoms with E-state index in [-0.39, 0.29) is 6.04 Å². The molecule has 0 saturated carbocycles. The molecule has 20 heavy (non-hydrogen) atoms. The zero-order chi connectivity index (χ0) is 14.7. The first kappa shape index (κ1) is 14.3. The van der Waals surface area contributed by atoms with Gasteiger partial charge in [0.2, 0.25) is 5.91 Å². The summed E-state index contributed by atoms with van der Waals surface area (Å²) in [6.45, 7) is 3.89. The Morgan fingerprint density at radius 2 is 2.05 bits per heavy atom. The van der Waals surface area contributed by atoms with Crippen molar-refractivity contribution in [3.8, 4) is 0 Å². The van der Waals surface area contributed by atoms with Crippen LogP contribution in [0, 0.1) is 6.92 Å². The zero-order valence-electron chi connectivity index (χ0n) is 11.2. The van der Waals surface area contributed by atoms with Crippen molar-refractivity contribution in [3.05, 3.63) is 52.6 Å². The summed E-state index contributed by atoms with van der Waals surface area (Å²) in [4.78, 5) is 19.6. The number of amides is 1. The van der Waals surface area contributed by atoms with Crippen molar-refractivity contribution in [3.63, 3.8) is 0 Å². The van der Waals surface area contributed by atoms with Crippen molar-refractivity contribution >= 4 is 23.2 Å². The number of aryl methyl sites for hydroxylation is 1. The van der Waals surface area contributed by atoms with Gasteiger partial charge in [-0.1, -0.05) is 11.6 Å². The van der Waals surface area contributed by atoms with Crippen LogP contribution in [0.15, 0.2) is 30.6 Å². The Bertz CT molecular complexity index is 645. The lowest BCUT2D eigenvalue weighted by atomic mass is 10.1. The monoisotopic (exact) mass is 290 g/mol. The number of anilines is 1. The maximum atomic E-state index is 11.1. The molecule has 0 bridgehead atoms. The number of nitrogens with two attached hydrogens (primary N) is 1. The van der Waals surface area contributed by atoms with E-state index >= 15 is 0 Å². The molecule has 1 unspecified atom stereocenters. The number of aromatic nitrogens is 2. The van der Waals surface area contributed by atoms with E-state index in [1.807, 2.05) is 13.8 Å². The molecule has 0 aliphatic heterocycles. The van der Waals surface area contributed by atoms with Crippen LogP contribution in [0.1, 0.15) is 34.7 Å². The molecule has 6 heteroatoms. The summed E-state index contributed by atoms with van der Waals surface area (Å²) < 4.78 is 0. The molecule has 104 valence electrons. The van der Waals surface area contributed by atoms with Gasteiger partial charge in [0.25, 0.3) is 0 Å². The predicted molar refractivity (Wildman–Crippen MR) is 78.8 cm³/mol. The van der Waals surface area contributed by atoms with Crippen molar-refractivity contribution in [2.45, 2.75) is 19.9 Å². The SMILES string of the molecule is Cc1nccnc1C(C)Nc1ccc(C(N)=O)c(Cl)c1. The summed E-state index contributed by atoms with van der Waals surface area (Å²) in [6, 6.07) is 5.00. The van der Waals surface area contributed by atoms with Gasteiger partial charge in [0.15, 0.2) is 0 Å². The van der Waals surface area contributed by atoms with Crippen LogP contribution in [0.3, 0.4) is 0 Å². The Morgan fingerprint density at radius 3 is 2.65 bits per heavy atom. The van der Waals surface area contributed by atoms with Crippen LogP contribution in [0.2, 0.25) is 5.02 Å². The molecule has 1 aromatic carbocycles. The number of halogens is 1. The molecule has 5 nitrogen and oxygen atoms in total. The van der Waals surface area contributed by atoms with Gasteiger partial charge < -0.3 is 11.1 Å². The number of rotatable bonds is 4. The molecule has 1 heterocycles. The van der Waals surface area contributed by atoms with E-state index in [1.54, 1.807) is 30.6 Å². The first-order valence-electron chi connectivity index (χ1n) is 6.12. The first-order valence-corrected chi connectivity index (χ1v) is 6.50. The van der Waals surface area contributed by atoms with Crippen molar-refractivity contribution in [2.24, 2.45) is 5.73 Å². The summed E-state index contributed by atoms with van der Waals surface area (Å²) in [5.74, 6) is -0.542. The van der Waals surface area contributed by atoms with Gasteiger partial charge >= 0.3 is 0 Å². The smallest absolute Gasteiger partial charge is 0.250 e. The Morgan fingerprint density at radius 1 is 1.35 bits per heavy atom. The number of primary amides is 1. The summed E-state index contributed by atoms with van der Waals surface area (Å²) in [5.41, 5.74) is 8.04. The van der Waals surface area contributed by atoms with E-state index in [1.165, 1.54) is 0 Å². The standard InChI is InChI=1S/C14H15ClN4O/c1-8-13(18-6-5-17-8)9(2)19-10-3-4-11(14(16)20)12(15)7-10/h3-7,9,19H,1-2H3,(H2,16,20). The Labute approximate surface area is 122 Å². The highest BCUT2D eigenvalue weighted by Crippen LogP contribution is 2.24. The Kier molecular flexibility index (Phi) is 4.20. The molecule has 1 amide bonds. The van der Waals surface area contributed by atoms with Crippen LogP contribution in [-0.2, 0) is 0 Å². The highest BCUT2D eigenvalue weighted by atomic mass is 35.5. The topological polar surface area (TPSA) is 80.9 Å². The van der Waals surface area contributed by atoms with Gasteiger partial charge in [-0.15, -0.1) is 0 Å². The highest BCUT2D eigenvalue weighted by molar-refractivity contribution is 6.34. The van der Waals surface area contributed by atoms with Gasteiger partial charge in [-0.25, -0.2) is 0 Å². The minimum Gasteiger partial charge on any atom is -0.377 e. The average Bonchev–Trinajstić information content (AvgIpc) is 2.38. The summed E-state index contributed by atoms with van der Waals surface area (Å²) >= 11 is 6.02. The fourth-order valence-corrected chi connectivity index (χ4v) is 2.24. The lowest BCUT2D eigenvalue weighted by Crippen LogP contribution is -2.13. The van der Waals surface area contributed by atoms with Crippen LogP contribution < -0.4 is 11.1 Å². The van der Waals surface area contributed by atoms with Crippen LogP contribution in [0.5, 0.6) is 0 Å². The molecule has 1 atom stereocenters. The fourth-order valence-electron chi connectivity index (χ4n) is 1.97. The van der Waals surface area contributed by atoms with Crippen LogP contribution in [-0.4, -0.2) is 15.9 Å². The maximum Gasteiger partial charge on any atom is 0.250 e. The Hall–Kier alpha value is -2.14. The van der Waals surface area contributed by atoms with E-state index in [4.69, 9.17) is 17.3 Å². The molecule has 0 radical (unpaired) electrons. The van der Waals surface area contributed by atoms with Gasteiger partial charge in [-0.2, -0.15) is 0 Å². The van der Waals surface area contributed by atoms with Crippen LogP contribution in [0.4, 0.5) is 5.69 Å². The van der Waals surface area contributed by atoms with Crippen molar-refractivity contribution in [1.29, 1.82) is 0 Å². The highest BCUT2D eigenvalue weighted by Gasteiger charge is 2.12. The predicted octanol–water partition coefficient (Wildman–Crippen LogP) is 2.71. The molecule has 0 aliphatic carbocycles. The molecular formula is C14H15ClN4O. The quantitative estimate of drug-likeness (QED) is 0.907. The number of nitrogens with zero attached hydrogens (tertiary/aromatic N) is 2. The Balaban J connectivity index is 2.20. The van der Waals surface area contributed by atoms with Crippen molar-refractivity contribution in [2.75, 3.05) is 5.32 Å². The van der Waals surface area contributed by atoms with Gasteiger partial charge in [-0.05, 0) is 32.0 Å². The minimum absolute atomic E-state index is 0.0285. The van der Waals surface area contributed by atoms with Crippen molar-refractivity contribution in [1.82, 2.24) is 9.97 Å². The summed E-state index contributed by atoms with van der Waals surface area (Å²) in [7, 11) is 0. The molecule has 0 spiro atoms. The van der Waals surface area contributed by atoms with E-state index in [0.29, 0.717) is 10.6 Å². The molecule has 0 aliphatic rings. The van der Waals surface area contributed by atoms with Crippen LogP contribution in [0.25, 0.3) is 0 Å². The summed E-state index contributed by atoms with van der Waals surface area (Å²) in [6.07, 6.45) is 3.31. The molecular weight excluding hydrogens is 276 g/mol. The molecule has 0 fully saturated rings. The molecule has 2 aromatic rings.